The molecule has 0 aliphatic heterocycles. The van der Waals surface area contributed by atoms with Gasteiger partial charge in [0.25, 0.3) is 5.69 Å². The van der Waals surface area contributed by atoms with Gasteiger partial charge in [-0.3, -0.25) is 10.1 Å². The summed E-state index contributed by atoms with van der Waals surface area (Å²) in [5, 5.41) is 14.3. The number of nitro benzene ring substituents is 1. The Morgan fingerprint density at radius 3 is 2.61 bits per heavy atom. The van der Waals surface area contributed by atoms with E-state index in [1.54, 1.807) is 7.11 Å². The van der Waals surface area contributed by atoms with Gasteiger partial charge in [-0.1, -0.05) is 23.2 Å². The van der Waals surface area contributed by atoms with Crippen molar-refractivity contribution < 1.29 is 9.66 Å². The lowest BCUT2D eigenvalue weighted by Gasteiger charge is -2.08. The number of halogens is 2. The molecule has 18 heavy (non-hydrogen) atoms. The van der Waals surface area contributed by atoms with E-state index >= 15 is 0 Å². The predicted molar refractivity (Wildman–Crippen MR) is 72.7 cm³/mol. The highest BCUT2D eigenvalue weighted by atomic mass is 35.5. The molecule has 0 spiro atoms. The molecule has 1 aromatic carbocycles. The smallest absolute Gasteiger partial charge is 0.293 e. The fourth-order valence-corrected chi connectivity index (χ4v) is 1.75. The maximum Gasteiger partial charge on any atom is 0.293 e. The van der Waals surface area contributed by atoms with Gasteiger partial charge in [0.2, 0.25) is 0 Å². The van der Waals surface area contributed by atoms with E-state index in [9.17, 15) is 10.1 Å². The molecule has 0 aliphatic rings. The van der Waals surface area contributed by atoms with Crippen LogP contribution in [0.25, 0.3) is 0 Å². The van der Waals surface area contributed by atoms with Gasteiger partial charge in [-0.05, 0) is 18.9 Å². The maximum atomic E-state index is 10.9. The Bertz CT molecular complexity index is 427. The van der Waals surface area contributed by atoms with Crippen LogP contribution in [0.5, 0.6) is 0 Å². The van der Waals surface area contributed by atoms with Gasteiger partial charge in [0, 0.05) is 26.3 Å². The third kappa shape index (κ3) is 4.33. The number of hydrogen-bond acceptors (Lipinski definition) is 4. The first kappa shape index (κ1) is 15.0. The molecule has 7 heteroatoms. The summed E-state index contributed by atoms with van der Waals surface area (Å²) in [5.41, 5.74) is 0.308. The number of nitrogens with zero attached hydrogens (tertiary/aromatic N) is 1. The van der Waals surface area contributed by atoms with Crippen LogP contribution < -0.4 is 5.32 Å². The summed E-state index contributed by atoms with van der Waals surface area (Å²) < 4.78 is 4.92. The molecule has 0 bridgehead atoms. The van der Waals surface area contributed by atoms with Crippen LogP contribution >= 0.6 is 23.2 Å². The van der Waals surface area contributed by atoms with Crippen LogP contribution in [-0.2, 0) is 4.74 Å². The number of nitro groups is 1. The number of nitrogens with one attached hydrogen (secondary N) is 1. The zero-order chi connectivity index (χ0) is 13.5. The molecule has 0 aliphatic carbocycles. The molecule has 0 radical (unpaired) electrons. The van der Waals surface area contributed by atoms with Crippen LogP contribution in [0.4, 0.5) is 11.4 Å². The number of hydrogen-bond donors (Lipinski definition) is 1. The Kier molecular flexibility index (Phi) is 6.18. The van der Waals surface area contributed by atoms with Crippen molar-refractivity contribution in [1.29, 1.82) is 0 Å². The Balaban J connectivity index is 2.68. The SMILES string of the molecule is COCCCCNc1cc(Cl)c(Cl)cc1[N+](=O)[O-]. The summed E-state index contributed by atoms with van der Waals surface area (Å²) in [6, 6.07) is 2.72. The first-order valence-corrected chi connectivity index (χ1v) is 6.18. The van der Waals surface area contributed by atoms with Gasteiger partial charge in [0.05, 0.1) is 15.0 Å². The second-order valence-corrected chi connectivity index (χ2v) is 4.48. The van der Waals surface area contributed by atoms with E-state index < -0.39 is 4.92 Å². The molecule has 0 unspecified atom stereocenters. The second-order valence-electron chi connectivity index (χ2n) is 3.67. The monoisotopic (exact) mass is 292 g/mol. The highest BCUT2D eigenvalue weighted by molar-refractivity contribution is 6.42. The molecule has 5 nitrogen and oxygen atoms in total. The first-order valence-electron chi connectivity index (χ1n) is 5.42. The summed E-state index contributed by atoms with van der Waals surface area (Å²) in [6.45, 7) is 1.29. The molecule has 0 fully saturated rings. The van der Waals surface area contributed by atoms with Crippen LogP contribution in [0.2, 0.25) is 10.0 Å². The van der Waals surface area contributed by atoms with E-state index in [0.29, 0.717) is 23.9 Å². The van der Waals surface area contributed by atoms with Crippen molar-refractivity contribution >= 4 is 34.6 Å². The van der Waals surface area contributed by atoms with E-state index in [2.05, 4.69) is 5.32 Å². The molecular formula is C11H14Cl2N2O3. The van der Waals surface area contributed by atoms with Crippen molar-refractivity contribution in [3.05, 3.63) is 32.3 Å². The van der Waals surface area contributed by atoms with Crippen LogP contribution in [-0.4, -0.2) is 25.2 Å². The van der Waals surface area contributed by atoms with Crippen molar-refractivity contribution in [3.63, 3.8) is 0 Å². The van der Waals surface area contributed by atoms with Gasteiger partial charge in [-0.15, -0.1) is 0 Å². The summed E-state index contributed by atoms with van der Waals surface area (Å²) in [7, 11) is 1.64. The largest absolute Gasteiger partial charge is 0.385 e. The van der Waals surface area contributed by atoms with E-state index in [0.717, 1.165) is 12.8 Å². The Hall–Kier alpha value is -1.04. The molecule has 0 amide bonds. The molecule has 0 saturated carbocycles. The highest BCUT2D eigenvalue weighted by Gasteiger charge is 2.16. The number of methoxy groups -OCH3 is 1. The van der Waals surface area contributed by atoms with Crippen molar-refractivity contribution in [2.45, 2.75) is 12.8 Å². The van der Waals surface area contributed by atoms with Crippen LogP contribution in [0.1, 0.15) is 12.8 Å². The van der Waals surface area contributed by atoms with Crippen molar-refractivity contribution in [1.82, 2.24) is 0 Å². The summed E-state index contributed by atoms with van der Waals surface area (Å²) in [4.78, 5) is 10.4. The normalized spacial score (nSPS) is 10.4. The Labute approximate surface area is 115 Å². The fraction of sp³-hybridized carbons (Fsp3) is 0.455. The Morgan fingerprint density at radius 2 is 2.00 bits per heavy atom. The average molecular weight is 293 g/mol. The minimum absolute atomic E-state index is 0.0730. The molecule has 0 saturated heterocycles. The molecular weight excluding hydrogens is 279 g/mol. The standard InChI is InChI=1S/C11H14Cl2N2O3/c1-18-5-3-2-4-14-10-6-8(12)9(13)7-11(10)15(16)17/h6-7,14H,2-5H2,1H3. The number of ether oxygens (including phenoxy) is 1. The summed E-state index contributed by atoms with van der Waals surface area (Å²) in [6.07, 6.45) is 1.74. The minimum Gasteiger partial charge on any atom is -0.385 e. The van der Waals surface area contributed by atoms with Gasteiger partial charge in [0.1, 0.15) is 5.69 Å². The van der Waals surface area contributed by atoms with Crippen LogP contribution in [0, 0.1) is 10.1 Å². The third-order valence-corrected chi connectivity index (χ3v) is 3.05. The number of rotatable bonds is 7. The third-order valence-electron chi connectivity index (χ3n) is 2.33. The lowest BCUT2D eigenvalue weighted by Crippen LogP contribution is -2.05. The zero-order valence-electron chi connectivity index (χ0n) is 9.91. The number of anilines is 1. The lowest BCUT2D eigenvalue weighted by atomic mass is 10.2. The minimum atomic E-state index is -0.486. The van der Waals surface area contributed by atoms with Gasteiger partial charge in [-0.25, -0.2) is 0 Å². The van der Waals surface area contributed by atoms with Crippen molar-refractivity contribution in [3.8, 4) is 0 Å². The van der Waals surface area contributed by atoms with Crippen LogP contribution in [0.15, 0.2) is 12.1 Å². The molecule has 1 aromatic rings. The first-order chi connectivity index (χ1) is 8.56. The summed E-state index contributed by atoms with van der Waals surface area (Å²) in [5.74, 6) is 0. The van der Waals surface area contributed by atoms with E-state index in [-0.39, 0.29) is 10.7 Å². The maximum absolute atomic E-state index is 10.9. The Morgan fingerprint density at radius 1 is 1.33 bits per heavy atom. The van der Waals surface area contributed by atoms with E-state index in [1.165, 1.54) is 12.1 Å². The molecule has 0 atom stereocenters. The number of benzene rings is 1. The van der Waals surface area contributed by atoms with E-state index in [1.807, 2.05) is 0 Å². The molecule has 1 N–H and O–H groups in total. The van der Waals surface area contributed by atoms with Gasteiger partial charge >= 0.3 is 0 Å². The predicted octanol–water partition coefficient (Wildman–Crippen LogP) is 3.74. The van der Waals surface area contributed by atoms with Crippen molar-refractivity contribution in [2.24, 2.45) is 0 Å². The van der Waals surface area contributed by atoms with Crippen molar-refractivity contribution in [2.75, 3.05) is 25.6 Å². The second kappa shape index (κ2) is 7.41. The summed E-state index contributed by atoms with van der Waals surface area (Å²) >= 11 is 11.6. The van der Waals surface area contributed by atoms with Gasteiger partial charge in [-0.2, -0.15) is 0 Å². The number of unbranched alkanes of at least 4 members (excludes halogenated alkanes) is 1. The molecule has 1 rings (SSSR count). The fourth-order valence-electron chi connectivity index (χ4n) is 1.42. The van der Waals surface area contributed by atoms with Gasteiger partial charge < -0.3 is 10.1 Å². The topological polar surface area (TPSA) is 64.4 Å². The highest BCUT2D eigenvalue weighted by Crippen LogP contribution is 2.33. The average Bonchev–Trinajstić information content (AvgIpc) is 2.32. The molecule has 0 heterocycles. The lowest BCUT2D eigenvalue weighted by molar-refractivity contribution is -0.383. The van der Waals surface area contributed by atoms with Gasteiger partial charge in [0.15, 0.2) is 0 Å². The van der Waals surface area contributed by atoms with E-state index in [4.69, 9.17) is 27.9 Å². The quantitative estimate of drug-likeness (QED) is 0.472. The molecule has 100 valence electrons. The molecule has 0 aromatic heterocycles. The van der Waals surface area contributed by atoms with Crippen LogP contribution in [0.3, 0.4) is 0 Å². The zero-order valence-corrected chi connectivity index (χ0v) is 11.4.